The van der Waals surface area contributed by atoms with E-state index in [0.29, 0.717) is 6.04 Å². The number of aromatic amines is 1. The van der Waals surface area contributed by atoms with Gasteiger partial charge in [0.15, 0.2) is 0 Å². The number of nitrogens with zero attached hydrogens (tertiary/aromatic N) is 3. The second-order valence-corrected chi connectivity index (χ2v) is 11.0. The molecule has 0 atom stereocenters. The second-order valence-electron chi connectivity index (χ2n) is 11.0. The zero-order valence-electron chi connectivity index (χ0n) is 23.0. The van der Waals surface area contributed by atoms with Crippen LogP contribution in [-0.2, 0) is 6.42 Å². The zero-order valence-corrected chi connectivity index (χ0v) is 23.0. The van der Waals surface area contributed by atoms with E-state index >= 15 is 0 Å². The van der Waals surface area contributed by atoms with Crippen LogP contribution in [0.5, 0.6) is 0 Å². The van der Waals surface area contributed by atoms with E-state index in [0.717, 1.165) is 60.9 Å². The van der Waals surface area contributed by atoms with Gasteiger partial charge in [0.25, 0.3) is 0 Å². The molecule has 1 saturated carbocycles. The summed E-state index contributed by atoms with van der Waals surface area (Å²) in [5.41, 5.74) is 6.11. The van der Waals surface area contributed by atoms with Gasteiger partial charge in [-0.05, 0) is 80.4 Å². The van der Waals surface area contributed by atoms with Gasteiger partial charge in [-0.2, -0.15) is 4.98 Å². The summed E-state index contributed by atoms with van der Waals surface area (Å²) in [6.07, 6.45) is 5.77. The van der Waals surface area contributed by atoms with Crippen molar-refractivity contribution in [1.29, 1.82) is 0 Å². The average Bonchev–Trinajstić information content (AvgIpc) is 3.34. The summed E-state index contributed by atoms with van der Waals surface area (Å²) < 4.78 is 0. The van der Waals surface area contributed by atoms with Crippen LogP contribution in [-0.4, -0.2) is 48.2 Å². The van der Waals surface area contributed by atoms with Crippen molar-refractivity contribution in [2.45, 2.75) is 38.1 Å². The fraction of sp³-hybridized carbons (Fsp3) is 0.333. The summed E-state index contributed by atoms with van der Waals surface area (Å²) in [4.78, 5) is 15.4. The molecule has 6 rings (SSSR count). The van der Waals surface area contributed by atoms with Crippen LogP contribution in [0.15, 0.2) is 78.9 Å². The number of nitrogens with one attached hydrogen (secondary N) is 3. The largest absolute Gasteiger partial charge is 0.362 e. The minimum atomic E-state index is 0.428. The third kappa shape index (κ3) is 5.62. The summed E-state index contributed by atoms with van der Waals surface area (Å²) in [5, 5.41) is 9.84. The average molecular weight is 519 g/mol. The van der Waals surface area contributed by atoms with Gasteiger partial charge in [0.05, 0.1) is 5.52 Å². The molecule has 5 aromatic rings. The number of hydrogen-bond donors (Lipinski definition) is 3. The molecule has 0 radical (unpaired) electrons. The van der Waals surface area contributed by atoms with Gasteiger partial charge >= 0.3 is 0 Å². The monoisotopic (exact) mass is 518 g/mol. The highest BCUT2D eigenvalue weighted by Crippen LogP contribution is 2.31. The van der Waals surface area contributed by atoms with Gasteiger partial charge in [-0.3, -0.25) is 0 Å². The van der Waals surface area contributed by atoms with E-state index < -0.39 is 0 Å². The lowest BCUT2D eigenvalue weighted by Gasteiger charge is -2.29. The van der Waals surface area contributed by atoms with Crippen molar-refractivity contribution >= 4 is 33.6 Å². The Kier molecular flexibility index (Phi) is 7.46. The maximum Gasteiger partial charge on any atom is 0.225 e. The Morgan fingerprint density at radius 2 is 1.54 bits per heavy atom. The van der Waals surface area contributed by atoms with Crippen molar-refractivity contribution in [3.63, 3.8) is 0 Å². The molecule has 39 heavy (non-hydrogen) atoms. The van der Waals surface area contributed by atoms with Crippen LogP contribution in [0, 0.1) is 5.92 Å². The Balaban J connectivity index is 1.02. The molecule has 6 heteroatoms. The third-order valence-corrected chi connectivity index (χ3v) is 8.05. The van der Waals surface area contributed by atoms with Crippen molar-refractivity contribution in [2.75, 3.05) is 37.4 Å². The Morgan fingerprint density at radius 3 is 2.33 bits per heavy atom. The fourth-order valence-electron chi connectivity index (χ4n) is 5.99. The maximum absolute atomic E-state index is 4.84. The summed E-state index contributed by atoms with van der Waals surface area (Å²) in [7, 11) is 4.08. The first-order valence-electron chi connectivity index (χ1n) is 14.2. The predicted molar refractivity (Wildman–Crippen MR) is 164 cm³/mol. The zero-order chi connectivity index (χ0) is 26.6. The number of rotatable bonds is 9. The topological polar surface area (TPSA) is 68.9 Å². The molecule has 0 unspecified atom stereocenters. The lowest BCUT2D eigenvalue weighted by molar-refractivity contribution is 0.325. The van der Waals surface area contributed by atoms with Gasteiger partial charge < -0.3 is 20.5 Å². The van der Waals surface area contributed by atoms with Crippen molar-refractivity contribution in [3.8, 4) is 11.3 Å². The summed E-state index contributed by atoms with van der Waals surface area (Å²) in [6.45, 7) is 2.06. The van der Waals surface area contributed by atoms with E-state index in [1.807, 2.05) is 26.2 Å². The van der Waals surface area contributed by atoms with Crippen LogP contribution >= 0.6 is 0 Å². The SMILES string of the molecule is CN(C)c1nc(N[C@H]2CC[C@@H](CNCCc3c(-c4ccccc4)[nH]c4ccccc34)CC2)nc2ccccc12. The Bertz CT molecular complexity index is 1530. The number of H-pyrrole nitrogens is 1. The van der Waals surface area contributed by atoms with Crippen LogP contribution in [0.2, 0.25) is 0 Å². The number of para-hydroxylation sites is 2. The minimum Gasteiger partial charge on any atom is -0.362 e. The molecule has 3 N–H and O–H groups in total. The van der Waals surface area contributed by atoms with E-state index in [4.69, 9.17) is 9.97 Å². The van der Waals surface area contributed by atoms with Gasteiger partial charge in [-0.25, -0.2) is 4.98 Å². The Morgan fingerprint density at radius 1 is 0.821 bits per heavy atom. The summed E-state index contributed by atoms with van der Waals surface area (Å²) in [5.74, 6) is 2.42. The van der Waals surface area contributed by atoms with E-state index in [2.05, 4.69) is 87.2 Å². The lowest BCUT2D eigenvalue weighted by Crippen LogP contribution is -2.32. The molecular formula is C33H38N6. The van der Waals surface area contributed by atoms with Crippen molar-refractivity contribution in [3.05, 3.63) is 84.4 Å². The molecule has 2 heterocycles. The number of benzene rings is 3. The molecule has 0 amide bonds. The standard InChI is InChI=1S/C33H38N6/c1-39(2)32-28-13-7-9-15-30(28)37-33(38-32)35-25-18-16-23(17-19-25)22-34-21-20-27-26-12-6-8-14-29(26)36-31(27)24-10-4-3-5-11-24/h3-15,23,25,34,36H,16-22H2,1-2H3,(H,35,37,38)/t23-,25+. The molecule has 0 spiro atoms. The highest BCUT2D eigenvalue weighted by atomic mass is 15.2. The van der Waals surface area contributed by atoms with Gasteiger partial charge in [0.1, 0.15) is 5.82 Å². The normalized spacial score (nSPS) is 17.5. The molecule has 2 aromatic heterocycles. The second kappa shape index (κ2) is 11.5. The van der Waals surface area contributed by atoms with Crippen molar-refractivity contribution < 1.29 is 0 Å². The summed E-state index contributed by atoms with van der Waals surface area (Å²) >= 11 is 0. The van der Waals surface area contributed by atoms with Gasteiger partial charge in [-0.1, -0.05) is 60.7 Å². The number of fused-ring (bicyclic) bond motifs is 2. The highest BCUT2D eigenvalue weighted by Gasteiger charge is 2.22. The molecule has 200 valence electrons. The van der Waals surface area contributed by atoms with Crippen LogP contribution in [0.3, 0.4) is 0 Å². The molecule has 1 aliphatic rings. The highest BCUT2D eigenvalue weighted by molar-refractivity contribution is 5.91. The number of hydrogen-bond acceptors (Lipinski definition) is 5. The first-order valence-corrected chi connectivity index (χ1v) is 14.2. The quantitative estimate of drug-likeness (QED) is 0.191. The smallest absolute Gasteiger partial charge is 0.225 e. The van der Waals surface area contributed by atoms with Gasteiger partial charge in [0.2, 0.25) is 5.95 Å². The maximum atomic E-state index is 4.84. The van der Waals surface area contributed by atoms with E-state index in [9.17, 15) is 0 Å². The van der Waals surface area contributed by atoms with Crippen LogP contribution in [0.1, 0.15) is 31.2 Å². The number of anilines is 2. The molecule has 0 saturated heterocycles. The fourth-order valence-corrected chi connectivity index (χ4v) is 5.99. The third-order valence-electron chi connectivity index (χ3n) is 8.05. The molecule has 0 aliphatic heterocycles. The van der Waals surface area contributed by atoms with E-state index in [1.165, 1.54) is 40.6 Å². The first kappa shape index (κ1) is 25.4. The van der Waals surface area contributed by atoms with Crippen molar-refractivity contribution in [2.24, 2.45) is 5.92 Å². The van der Waals surface area contributed by atoms with Gasteiger partial charge in [0, 0.05) is 42.1 Å². The molecule has 1 fully saturated rings. The van der Waals surface area contributed by atoms with Crippen LogP contribution in [0.4, 0.5) is 11.8 Å². The molecule has 1 aliphatic carbocycles. The molecule has 0 bridgehead atoms. The molecular weight excluding hydrogens is 480 g/mol. The van der Waals surface area contributed by atoms with Gasteiger partial charge in [-0.15, -0.1) is 0 Å². The minimum absolute atomic E-state index is 0.428. The Hall–Kier alpha value is -3.90. The number of aromatic nitrogens is 3. The van der Waals surface area contributed by atoms with E-state index in [-0.39, 0.29) is 0 Å². The molecule has 6 nitrogen and oxygen atoms in total. The van der Waals surface area contributed by atoms with Crippen LogP contribution in [0.25, 0.3) is 33.1 Å². The Labute approximate surface area is 230 Å². The predicted octanol–water partition coefficient (Wildman–Crippen LogP) is 6.65. The van der Waals surface area contributed by atoms with Crippen molar-refractivity contribution in [1.82, 2.24) is 20.3 Å². The van der Waals surface area contributed by atoms with E-state index in [1.54, 1.807) is 0 Å². The van der Waals surface area contributed by atoms with Crippen LogP contribution < -0.4 is 15.5 Å². The molecule has 3 aromatic carbocycles. The summed E-state index contributed by atoms with van der Waals surface area (Å²) in [6, 6.07) is 28.0. The first-order chi connectivity index (χ1) is 19.2. The lowest BCUT2D eigenvalue weighted by atomic mass is 9.86.